The molecule has 102 valence electrons. The Morgan fingerprint density at radius 3 is 3.16 bits per heavy atom. The van der Waals surface area contributed by atoms with Crippen LogP contribution in [0.3, 0.4) is 0 Å². The molecule has 6 heteroatoms. The molecule has 0 saturated carbocycles. The Hall–Kier alpha value is -1.24. The number of ether oxygens (including phenoxy) is 2. The van der Waals surface area contributed by atoms with E-state index in [1.54, 1.807) is 24.8 Å². The Kier molecular flexibility index (Phi) is 3.38. The normalized spacial score (nSPS) is 23.1. The lowest BCUT2D eigenvalue weighted by molar-refractivity contribution is -0.00623. The van der Waals surface area contributed by atoms with Gasteiger partial charge in [-0.3, -0.25) is 0 Å². The van der Waals surface area contributed by atoms with Crippen molar-refractivity contribution in [3.8, 4) is 0 Å². The third kappa shape index (κ3) is 2.31. The van der Waals surface area contributed by atoms with E-state index in [1.807, 2.05) is 0 Å². The molecule has 19 heavy (non-hydrogen) atoms. The van der Waals surface area contributed by atoms with Crippen LogP contribution in [0, 0.1) is 6.92 Å². The summed E-state index contributed by atoms with van der Waals surface area (Å²) in [4.78, 5) is 8.66. The number of aryl methyl sites for hydroxylation is 1. The number of hydrogen-bond acceptors (Lipinski definition) is 6. The van der Waals surface area contributed by atoms with Crippen LogP contribution in [0.15, 0.2) is 11.7 Å². The van der Waals surface area contributed by atoms with E-state index in [2.05, 4.69) is 27.6 Å². The second-order valence-corrected chi connectivity index (χ2v) is 5.74. The van der Waals surface area contributed by atoms with Crippen LogP contribution in [-0.2, 0) is 9.47 Å². The molecule has 1 aliphatic heterocycles. The molecule has 0 radical (unpaired) electrons. The topological polar surface area (TPSA) is 56.3 Å². The highest BCUT2D eigenvalue weighted by Gasteiger charge is 2.34. The van der Waals surface area contributed by atoms with Crippen LogP contribution in [0.4, 0.5) is 5.82 Å². The minimum Gasteiger partial charge on any atom is -0.378 e. The van der Waals surface area contributed by atoms with Crippen molar-refractivity contribution in [2.75, 3.05) is 32.2 Å². The second-order valence-electron chi connectivity index (χ2n) is 4.86. The molecule has 2 aromatic rings. The molecule has 1 fully saturated rings. The molecule has 1 atom stereocenters. The van der Waals surface area contributed by atoms with E-state index in [1.165, 1.54) is 5.56 Å². The molecule has 2 aromatic heterocycles. The number of hydrogen-bond donors (Lipinski definition) is 1. The van der Waals surface area contributed by atoms with Crippen molar-refractivity contribution in [1.82, 2.24) is 9.97 Å². The Bertz CT molecular complexity index is 578. The number of thiophene rings is 1. The molecule has 1 aliphatic rings. The van der Waals surface area contributed by atoms with E-state index in [0.29, 0.717) is 13.2 Å². The molecular formula is C13H17N3O2S. The maximum atomic E-state index is 5.61. The Labute approximate surface area is 116 Å². The predicted octanol–water partition coefficient (Wildman–Crippen LogP) is 2.22. The first-order valence-electron chi connectivity index (χ1n) is 6.30. The molecule has 0 bridgehead atoms. The number of aromatic nitrogens is 2. The van der Waals surface area contributed by atoms with E-state index in [0.717, 1.165) is 29.1 Å². The minimum absolute atomic E-state index is 0.233. The number of anilines is 1. The van der Waals surface area contributed by atoms with Gasteiger partial charge < -0.3 is 14.8 Å². The van der Waals surface area contributed by atoms with Crippen LogP contribution in [0.25, 0.3) is 10.2 Å². The molecule has 1 saturated heterocycles. The maximum absolute atomic E-state index is 5.61. The van der Waals surface area contributed by atoms with E-state index in [4.69, 9.17) is 9.47 Å². The van der Waals surface area contributed by atoms with Gasteiger partial charge in [-0.25, -0.2) is 9.97 Å². The summed E-state index contributed by atoms with van der Waals surface area (Å²) in [5.74, 6) is 0.881. The smallest absolute Gasteiger partial charge is 0.147 e. The van der Waals surface area contributed by atoms with E-state index in [9.17, 15) is 0 Å². The summed E-state index contributed by atoms with van der Waals surface area (Å²) >= 11 is 1.67. The molecule has 1 unspecified atom stereocenters. The highest BCUT2D eigenvalue weighted by Crippen LogP contribution is 2.30. The fraction of sp³-hybridized carbons (Fsp3) is 0.538. The summed E-state index contributed by atoms with van der Waals surface area (Å²) in [7, 11) is 1.74. The molecule has 0 amide bonds. The number of fused-ring (bicyclic) bond motifs is 1. The highest BCUT2D eigenvalue weighted by molar-refractivity contribution is 7.18. The van der Waals surface area contributed by atoms with Gasteiger partial charge in [0, 0.05) is 26.7 Å². The first-order valence-corrected chi connectivity index (χ1v) is 7.18. The summed E-state index contributed by atoms with van der Waals surface area (Å²) in [6, 6.07) is 0. The quantitative estimate of drug-likeness (QED) is 0.930. The van der Waals surface area contributed by atoms with Crippen molar-refractivity contribution in [3.05, 3.63) is 17.3 Å². The van der Waals surface area contributed by atoms with Crippen molar-refractivity contribution in [3.63, 3.8) is 0 Å². The number of methoxy groups -OCH3 is 1. The number of rotatable bonds is 4. The van der Waals surface area contributed by atoms with E-state index in [-0.39, 0.29) is 5.60 Å². The second kappa shape index (κ2) is 5.03. The van der Waals surface area contributed by atoms with Gasteiger partial charge in [0.25, 0.3) is 0 Å². The molecule has 0 aliphatic carbocycles. The summed E-state index contributed by atoms with van der Waals surface area (Å²) in [5.41, 5.74) is 1.98. The van der Waals surface area contributed by atoms with Gasteiger partial charge in [-0.1, -0.05) is 0 Å². The van der Waals surface area contributed by atoms with Crippen LogP contribution in [0.1, 0.15) is 12.0 Å². The van der Waals surface area contributed by atoms with Gasteiger partial charge in [0.1, 0.15) is 17.7 Å². The van der Waals surface area contributed by atoms with Crippen LogP contribution in [0.5, 0.6) is 0 Å². The number of nitrogens with zero attached hydrogens (tertiary/aromatic N) is 2. The molecule has 3 rings (SSSR count). The van der Waals surface area contributed by atoms with Gasteiger partial charge in [-0.15, -0.1) is 11.3 Å². The van der Waals surface area contributed by atoms with Gasteiger partial charge in [-0.2, -0.15) is 0 Å². The summed E-state index contributed by atoms with van der Waals surface area (Å²) in [6.07, 6.45) is 2.52. The molecular weight excluding hydrogens is 262 g/mol. The Morgan fingerprint density at radius 2 is 2.42 bits per heavy atom. The largest absolute Gasteiger partial charge is 0.378 e. The van der Waals surface area contributed by atoms with Gasteiger partial charge in [-0.05, 0) is 17.9 Å². The van der Waals surface area contributed by atoms with Crippen molar-refractivity contribution < 1.29 is 9.47 Å². The molecule has 0 aromatic carbocycles. The van der Waals surface area contributed by atoms with Crippen LogP contribution in [-0.4, -0.2) is 42.4 Å². The SMILES string of the molecule is COC1(CNc2ncnc3c(C)csc23)CCOC1. The molecule has 0 spiro atoms. The fourth-order valence-corrected chi connectivity index (χ4v) is 3.27. The van der Waals surface area contributed by atoms with Crippen molar-refractivity contribution in [1.29, 1.82) is 0 Å². The third-order valence-electron chi connectivity index (χ3n) is 3.61. The summed E-state index contributed by atoms with van der Waals surface area (Å²) in [6.45, 7) is 4.16. The Morgan fingerprint density at radius 1 is 1.53 bits per heavy atom. The standard InChI is InChI=1S/C13H17N3O2S/c1-9-5-19-11-10(9)15-8-16-12(11)14-6-13(17-2)3-4-18-7-13/h5,8H,3-4,6-7H2,1-2H3,(H,14,15,16). The minimum atomic E-state index is -0.233. The molecule has 3 heterocycles. The highest BCUT2D eigenvalue weighted by atomic mass is 32.1. The molecule has 5 nitrogen and oxygen atoms in total. The maximum Gasteiger partial charge on any atom is 0.147 e. The average molecular weight is 279 g/mol. The lowest BCUT2D eigenvalue weighted by Crippen LogP contribution is -2.39. The zero-order valence-electron chi connectivity index (χ0n) is 11.1. The predicted molar refractivity (Wildman–Crippen MR) is 75.8 cm³/mol. The zero-order chi connectivity index (χ0) is 13.3. The lowest BCUT2D eigenvalue weighted by atomic mass is 10.0. The van der Waals surface area contributed by atoms with Gasteiger partial charge in [0.15, 0.2) is 0 Å². The zero-order valence-corrected chi connectivity index (χ0v) is 11.9. The lowest BCUT2D eigenvalue weighted by Gasteiger charge is -2.26. The van der Waals surface area contributed by atoms with Crippen molar-refractivity contribution in [2.45, 2.75) is 18.9 Å². The summed E-state index contributed by atoms with van der Waals surface area (Å²) < 4.78 is 12.1. The van der Waals surface area contributed by atoms with E-state index >= 15 is 0 Å². The third-order valence-corrected chi connectivity index (χ3v) is 4.70. The first-order chi connectivity index (χ1) is 9.24. The van der Waals surface area contributed by atoms with Crippen LogP contribution in [0.2, 0.25) is 0 Å². The van der Waals surface area contributed by atoms with Crippen LogP contribution < -0.4 is 5.32 Å². The number of nitrogens with one attached hydrogen (secondary N) is 1. The van der Waals surface area contributed by atoms with Gasteiger partial charge in [0.2, 0.25) is 0 Å². The monoisotopic (exact) mass is 279 g/mol. The van der Waals surface area contributed by atoms with Gasteiger partial charge in [0.05, 0.1) is 16.8 Å². The first kappa shape index (κ1) is 12.8. The van der Waals surface area contributed by atoms with Gasteiger partial charge >= 0.3 is 0 Å². The Balaban J connectivity index is 1.82. The van der Waals surface area contributed by atoms with E-state index < -0.39 is 0 Å². The molecule has 1 N–H and O–H groups in total. The van der Waals surface area contributed by atoms with Crippen LogP contribution >= 0.6 is 11.3 Å². The average Bonchev–Trinajstić information content (AvgIpc) is 3.05. The fourth-order valence-electron chi connectivity index (χ4n) is 2.30. The van der Waals surface area contributed by atoms with Crippen molar-refractivity contribution >= 4 is 27.4 Å². The van der Waals surface area contributed by atoms with Crippen molar-refractivity contribution in [2.24, 2.45) is 0 Å². The summed E-state index contributed by atoms with van der Waals surface area (Å²) in [5, 5.41) is 5.50.